The largest absolute Gasteiger partial charge is 0.418 e. The second-order valence-corrected chi connectivity index (χ2v) is 6.94. The molecule has 0 radical (unpaired) electrons. The van der Waals surface area contributed by atoms with Crippen LogP contribution in [0.15, 0.2) is 31.5 Å². The van der Waals surface area contributed by atoms with Gasteiger partial charge in [0.15, 0.2) is 0 Å². The Morgan fingerprint density at radius 2 is 2.15 bits per heavy atom. The van der Waals surface area contributed by atoms with Gasteiger partial charge in [-0.15, -0.1) is 21.5 Å². The summed E-state index contributed by atoms with van der Waals surface area (Å²) in [4.78, 5) is 29.5. The van der Waals surface area contributed by atoms with Gasteiger partial charge in [-0.2, -0.15) is 0 Å². The fourth-order valence-corrected chi connectivity index (χ4v) is 3.39. The van der Waals surface area contributed by atoms with Crippen LogP contribution in [0.3, 0.4) is 0 Å². The molecule has 27 heavy (non-hydrogen) atoms. The van der Waals surface area contributed by atoms with Gasteiger partial charge in [0.1, 0.15) is 11.5 Å². The minimum absolute atomic E-state index is 0.150. The second kappa shape index (κ2) is 8.21. The molecule has 0 aromatic carbocycles. The van der Waals surface area contributed by atoms with Gasteiger partial charge in [-0.25, -0.2) is 4.79 Å². The Hall–Kier alpha value is -2.88. The van der Waals surface area contributed by atoms with E-state index in [0.29, 0.717) is 24.9 Å². The van der Waals surface area contributed by atoms with Crippen molar-refractivity contribution in [3.8, 4) is 10.8 Å². The number of rotatable bonds is 8. The van der Waals surface area contributed by atoms with E-state index in [-0.39, 0.29) is 18.1 Å². The van der Waals surface area contributed by atoms with Crippen LogP contribution in [-0.4, -0.2) is 26.3 Å². The maximum Gasteiger partial charge on any atom is 0.330 e. The molecule has 0 amide bonds. The van der Waals surface area contributed by atoms with Crippen molar-refractivity contribution < 1.29 is 4.42 Å². The lowest BCUT2D eigenvalue weighted by Gasteiger charge is -2.23. The van der Waals surface area contributed by atoms with Crippen LogP contribution >= 0.6 is 11.3 Å². The van der Waals surface area contributed by atoms with Crippen LogP contribution in [0.5, 0.6) is 0 Å². The average molecular weight is 390 g/mol. The predicted molar refractivity (Wildman–Crippen MR) is 105 cm³/mol. The number of nitrogen functional groups attached to an aromatic ring is 1. The number of nitrogens with zero attached hydrogens (tertiary/aromatic N) is 4. The van der Waals surface area contributed by atoms with Gasteiger partial charge < -0.3 is 15.1 Å². The van der Waals surface area contributed by atoms with Crippen molar-refractivity contribution in [3.05, 3.63) is 44.2 Å². The molecule has 0 saturated heterocycles. The molecule has 0 spiro atoms. The summed E-state index contributed by atoms with van der Waals surface area (Å²) in [5.74, 6) is 0.952. The van der Waals surface area contributed by atoms with Gasteiger partial charge in [-0.1, -0.05) is 19.4 Å². The fraction of sp³-hybridized carbons (Fsp3) is 0.412. The average Bonchev–Trinajstić information content (AvgIpc) is 3.32. The summed E-state index contributed by atoms with van der Waals surface area (Å²) in [6.07, 6.45) is 1.70. The van der Waals surface area contributed by atoms with Crippen molar-refractivity contribution in [2.24, 2.45) is 0 Å². The zero-order chi connectivity index (χ0) is 19.4. The molecule has 0 bridgehead atoms. The minimum atomic E-state index is -0.523. The first-order chi connectivity index (χ1) is 13.0. The van der Waals surface area contributed by atoms with Gasteiger partial charge in [-0.05, 0) is 24.8 Å². The maximum atomic E-state index is 12.4. The molecule has 0 saturated carbocycles. The third-order valence-electron chi connectivity index (χ3n) is 4.17. The molecule has 144 valence electrons. The number of aromatic nitrogens is 4. The number of hydrogen-bond acceptors (Lipinski definition) is 8. The number of nitrogens with two attached hydrogens (primary N) is 1. The van der Waals surface area contributed by atoms with E-state index in [0.717, 1.165) is 17.7 Å². The van der Waals surface area contributed by atoms with E-state index in [2.05, 4.69) is 15.2 Å². The van der Waals surface area contributed by atoms with E-state index < -0.39 is 11.2 Å². The van der Waals surface area contributed by atoms with Crippen LogP contribution in [0.4, 0.5) is 11.5 Å². The predicted octanol–water partition coefficient (Wildman–Crippen LogP) is 2.06. The molecule has 0 aliphatic heterocycles. The van der Waals surface area contributed by atoms with Gasteiger partial charge in [0.05, 0.1) is 11.4 Å². The Labute approximate surface area is 159 Å². The van der Waals surface area contributed by atoms with Crippen LogP contribution in [0.2, 0.25) is 0 Å². The van der Waals surface area contributed by atoms with E-state index >= 15 is 0 Å². The SMILES string of the molecule is CCCCn1c(N)c(N(CC)Cc2nnc(-c3cccs3)o2)c(=O)[nH]c1=O. The van der Waals surface area contributed by atoms with Crippen LogP contribution < -0.4 is 21.9 Å². The molecule has 3 aromatic rings. The topological polar surface area (TPSA) is 123 Å². The summed E-state index contributed by atoms with van der Waals surface area (Å²) in [5, 5.41) is 10.0. The van der Waals surface area contributed by atoms with Crippen molar-refractivity contribution in [1.29, 1.82) is 0 Å². The van der Waals surface area contributed by atoms with Gasteiger partial charge in [0.2, 0.25) is 5.89 Å². The number of thiophene rings is 1. The van der Waals surface area contributed by atoms with Crippen molar-refractivity contribution in [2.45, 2.75) is 39.8 Å². The number of hydrogen-bond donors (Lipinski definition) is 2. The smallest absolute Gasteiger partial charge is 0.330 e. The summed E-state index contributed by atoms with van der Waals surface area (Å²) < 4.78 is 7.10. The molecule has 0 aliphatic rings. The van der Waals surface area contributed by atoms with Crippen molar-refractivity contribution in [2.75, 3.05) is 17.2 Å². The lowest BCUT2D eigenvalue weighted by molar-refractivity contribution is 0.499. The van der Waals surface area contributed by atoms with E-state index in [9.17, 15) is 9.59 Å². The molecule has 0 unspecified atom stereocenters. The zero-order valence-electron chi connectivity index (χ0n) is 15.3. The highest BCUT2D eigenvalue weighted by molar-refractivity contribution is 7.13. The zero-order valence-corrected chi connectivity index (χ0v) is 16.1. The summed E-state index contributed by atoms with van der Waals surface area (Å²) >= 11 is 1.50. The Bertz CT molecular complexity index is 1000. The molecule has 10 heteroatoms. The Balaban J connectivity index is 1.91. The molecule has 9 nitrogen and oxygen atoms in total. The van der Waals surface area contributed by atoms with Crippen LogP contribution in [-0.2, 0) is 13.1 Å². The van der Waals surface area contributed by atoms with Crippen molar-refractivity contribution in [1.82, 2.24) is 19.7 Å². The van der Waals surface area contributed by atoms with Gasteiger partial charge in [0, 0.05) is 13.1 Å². The highest BCUT2D eigenvalue weighted by atomic mass is 32.1. The first-order valence-corrected chi connectivity index (χ1v) is 9.66. The number of unbranched alkanes of at least 4 members (excludes halogenated alkanes) is 1. The molecule has 3 heterocycles. The molecule has 0 aliphatic carbocycles. The van der Waals surface area contributed by atoms with Gasteiger partial charge >= 0.3 is 5.69 Å². The molecule has 0 atom stereocenters. The summed E-state index contributed by atoms with van der Waals surface area (Å²) in [6.45, 7) is 5.06. The fourth-order valence-electron chi connectivity index (χ4n) is 2.75. The van der Waals surface area contributed by atoms with E-state index in [4.69, 9.17) is 10.2 Å². The quantitative estimate of drug-likeness (QED) is 0.603. The summed E-state index contributed by atoms with van der Waals surface area (Å²) in [7, 11) is 0. The maximum absolute atomic E-state index is 12.4. The molecule has 3 aromatic heterocycles. The first kappa shape index (κ1) is 18.9. The number of H-pyrrole nitrogens is 1. The highest BCUT2D eigenvalue weighted by Gasteiger charge is 2.20. The van der Waals surface area contributed by atoms with Gasteiger partial charge in [0.25, 0.3) is 11.4 Å². The van der Waals surface area contributed by atoms with E-state index in [1.807, 2.05) is 31.4 Å². The normalized spacial score (nSPS) is 11.0. The van der Waals surface area contributed by atoms with E-state index in [1.165, 1.54) is 15.9 Å². The third-order valence-corrected chi connectivity index (χ3v) is 5.03. The first-order valence-electron chi connectivity index (χ1n) is 8.78. The van der Waals surface area contributed by atoms with Crippen LogP contribution in [0.25, 0.3) is 10.8 Å². The van der Waals surface area contributed by atoms with Crippen LogP contribution in [0.1, 0.15) is 32.6 Å². The third kappa shape index (κ3) is 3.95. The Morgan fingerprint density at radius 3 is 2.81 bits per heavy atom. The number of aromatic amines is 1. The van der Waals surface area contributed by atoms with Gasteiger partial charge in [-0.3, -0.25) is 14.3 Å². The van der Waals surface area contributed by atoms with Crippen molar-refractivity contribution >= 4 is 22.8 Å². The summed E-state index contributed by atoms with van der Waals surface area (Å²) in [5.41, 5.74) is 5.39. The summed E-state index contributed by atoms with van der Waals surface area (Å²) in [6, 6.07) is 3.80. The molecular formula is C17H22N6O3S. The number of nitrogens with one attached hydrogen (secondary N) is 1. The number of anilines is 2. The van der Waals surface area contributed by atoms with Crippen molar-refractivity contribution in [3.63, 3.8) is 0 Å². The minimum Gasteiger partial charge on any atom is -0.418 e. The lowest BCUT2D eigenvalue weighted by Crippen LogP contribution is -2.38. The molecule has 3 rings (SSSR count). The standard InChI is InChI=1S/C17H22N6O3S/c1-3-5-8-23-14(18)13(15(24)19-17(23)25)22(4-2)10-12-20-21-16(26-12)11-7-6-9-27-11/h6-7,9H,3-5,8,10,18H2,1-2H3,(H,19,24,25). The van der Waals surface area contributed by atoms with Crippen LogP contribution in [0, 0.1) is 0 Å². The highest BCUT2D eigenvalue weighted by Crippen LogP contribution is 2.24. The van der Waals surface area contributed by atoms with E-state index in [1.54, 1.807) is 4.90 Å². The lowest BCUT2D eigenvalue weighted by atomic mass is 10.3. The second-order valence-electron chi connectivity index (χ2n) is 5.99. The molecular weight excluding hydrogens is 368 g/mol. The Morgan fingerprint density at radius 1 is 1.33 bits per heavy atom. The molecule has 3 N–H and O–H groups in total. The molecule has 0 fully saturated rings. The monoisotopic (exact) mass is 390 g/mol. The Kier molecular flexibility index (Phi) is 5.75.